The van der Waals surface area contributed by atoms with Gasteiger partial charge in [0, 0.05) is 18.7 Å². The summed E-state index contributed by atoms with van der Waals surface area (Å²) < 4.78 is 5.41. The highest BCUT2D eigenvalue weighted by molar-refractivity contribution is 7.80. The molecule has 0 radical (unpaired) electrons. The topological polar surface area (TPSA) is 53.3 Å². The van der Waals surface area contributed by atoms with E-state index in [0.717, 1.165) is 42.0 Å². The van der Waals surface area contributed by atoms with E-state index >= 15 is 0 Å². The zero-order valence-electron chi connectivity index (χ0n) is 14.9. The van der Waals surface area contributed by atoms with E-state index in [4.69, 9.17) is 17.0 Å². The molecule has 0 aromatic heterocycles. The zero-order valence-corrected chi connectivity index (χ0v) is 15.7. The predicted octanol–water partition coefficient (Wildman–Crippen LogP) is 4.36. The standard InChI is InChI=1S/C22H20N2O2S/c23-16-19(14-17-8-3-1-4-9-17)22(25)26-20-11-7-10-18(15-20)21(27)24-12-5-2-6-13-24/h1,3-4,7-11,14-15H,2,5-6,12-13H2/b19-14+. The first-order chi connectivity index (χ1) is 13.2. The molecule has 0 amide bonds. The van der Waals surface area contributed by atoms with Gasteiger partial charge in [0.25, 0.3) is 0 Å². The lowest BCUT2D eigenvalue weighted by molar-refractivity contribution is -0.129. The van der Waals surface area contributed by atoms with Crippen molar-refractivity contribution in [2.45, 2.75) is 19.3 Å². The second-order valence-electron chi connectivity index (χ2n) is 6.35. The molecule has 0 N–H and O–H groups in total. The number of rotatable bonds is 4. The Kier molecular flexibility index (Phi) is 6.35. The number of nitrogens with zero attached hydrogens (tertiary/aromatic N) is 2. The Balaban J connectivity index is 1.73. The lowest BCUT2D eigenvalue weighted by atomic mass is 10.1. The highest BCUT2D eigenvalue weighted by Gasteiger charge is 2.17. The van der Waals surface area contributed by atoms with E-state index in [1.165, 1.54) is 12.5 Å². The van der Waals surface area contributed by atoms with Crippen LogP contribution in [0, 0.1) is 11.3 Å². The highest BCUT2D eigenvalue weighted by atomic mass is 32.1. The number of benzene rings is 2. The molecule has 5 heteroatoms. The van der Waals surface area contributed by atoms with Gasteiger partial charge in [-0.05, 0) is 43.0 Å². The Hall–Kier alpha value is -2.97. The van der Waals surface area contributed by atoms with Gasteiger partial charge in [0.05, 0.1) is 0 Å². The number of esters is 1. The van der Waals surface area contributed by atoms with Crippen LogP contribution in [0.5, 0.6) is 5.75 Å². The number of hydrogen-bond donors (Lipinski definition) is 0. The predicted molar refractivity (Wildman–Crippen MR) is 109 cm³/mol. The number of ether oxygens (including phenoxy) is 1. The van der Waals surface area contributed by atoms with E-state index in [9.17, 15) is 10.1 Å². The van der Waals surface area contributed by atoms with Crippen molar-refractivity contribution >= 4 is 29.3 Å². The molecule has 136 valence electrons. The Morgan fingerprint density at radius 1 is 1.07 bits per heavy atom. The third-order valence-electron chi connectivity index (χ3n) is 4.39. The molecule has 27 heavy (non-hydrogen) atoms. The molecule has 1 aliphatic rings. The van der Waals surface area contributed by atoms with Gasteiger partial charge in [0.2, 0.25) is 0 Å². The van der Waals surface area contributed by atoms with Gasteiger partial charge in [-0.15, -0.1) is 0 Å². The number of nitriles is 1. The minimum Gasteiger partial charge on any atom is -0.422 e. The first-order valence-electron chi connectivity index (χ1n) is 8.96. The van der Waals surface area contributed by atoms with E-state index in [-0.39, 0.29) is 5.57 Å². The Bertz CT molecular complexity index is 894. The summed E-state index contributed by atoms with van der Waals surface area (Å²) in [7, 11) is 0. The molecule has 1 aliphatic heterocycles. The summed E-state index contributed by atoms with van der Waals surface area (Å²) in [6.07, 6.45) is 5.04. The van der Waals surface area contributed by atoms with Crippen LogP contribution >= 0.6 is 12.2 Å². The molecular formula is C22H20N2O2S. The molecule has 3 rings (SSSR count). The number of piperidine rings is 1. The lowest BCUT2D eigenvalue weighted by Gasteiger charge is -2.29. The van der Waals surface area contributed by atoms with Gasteiger partial charge in [-0.3, -0.25) is 0 Å². The average Bonchev–Trinajstić information content (AvgIpc) is 2.73. The molecule has 1 saturated heterocycles. The van der Waals surface area contributed by atoms with Crippen molar-refractivity contribution in [3.8, 4) is 11.8 Å². The van der Waals surface area contributed by atoms with Crippen LogP contribution in [-0.2, 0) is 4.79 Å². The van der Waals surface area contributed by atoms with E-state index in [0.29, 0.717) is 5.75 Å². The van der Waals surface area contributed by atoms with Gasteiger partial charge < -0.3 is 9.64 Å². The van der Waals surface area contributed by atoms with Crippen molar-refractivity contribution in [2.24, 2.45) is 0 Å². The minimum absolute atomic E-state index is 0.0507. The molecular weight excluding hydrogens is 356 g/mol. The molecule has 0 aliphatic carbocycles. The Labute approximate surface area is 164 Å². The third kappa shape index (κ3) is 5.02. The number of hydrogen-bond acceptors (Lipinski definition) is 4. The summed E-state index contributed by atoms with van der Waals surface area (Å²) in [5.74, 6) is -0.298. The fourth-order valence-corrected chi connectivity index (χ4v) is 3.30. The van der Waals surface area contributed by atoms with Crippen molar-refractivity contribution in [3.05, 3.63) is 71.3 Å². The largest absolute Gasteiger partial charge is 0.422 e. The van der Waals surface area contributed by atoms with Gasteiger partial charge in [-0.25, -0.2) is 4.79 Å². The van der Waals surface area contributed by atoms with Crippen LogP contribution in [0.4, 0.5) is 0 Å². The second-order valence-corrected chi connectivity index (χ2v) is 6.74. The van der Waals surface area contributed by atoms with Crippen molar-refractivity contribution in [3.63, 3.8) is 0 Å². The molecule has 1 heterocycles. The quantitative estimate of drug-likeness (QED) is 0.261. The second kappa shape index (κ2) is 9.11. The normalized spacial score (nSPS) is 14.3. The first-order valence-corrected chi connectivity index (χ1v) is 9.36. The van der Waals surface area contributed by atoms with Crippen molar-refractivity contribution < 1.29 is 9.53 Å². The average molecular weight is 376 g/mol. The summed E-state index contributed by atoms with van der Waals surface area (Å²) >= 11 is 5.60. The van der Waals surface area contributed by atoms with Crippen LogP contribution in [0.3, 0.4) is 0 Å². The van der Waals surface area contributed by atoms with Gasteiger partial charge in [0.1, 0.15) is 22.4 Å². The van der Waals surface area contributed by atoms with Gasteiger partial charge >= 0.3 is 5.97 Å². The van der Waals surface area contributed by atoms with Crippen LogP contribution in [0.25, 0.3) is 6.08 Å². The number of thiocarbonyl (C=S) groups is 1. The van der Waals surface area contributed by atoms with Gasteiger partial charge in [-0.2, -0.15) is 5.26 Å². The smallest absolute Gasteiger partial charge is 0.354 e. The van der Waals surface area contributed by atoms with E-state index in [1.807, 2.05) is 42.5 Å². The maximum Gasteiger partial charge on any atom is 0.354 e. The maximum absolute atomic E-state index is 12.4. The first kappa shape index (κ1) is 18.8. The summed E-state index contributed by atoms with van der Waals surface area (Å²) in [5, 5.41) is 9.30. The van der Waals surface area contributed by atoms with Crippen LogP contribution in [0.1, 0.15) is 30.4 Å². The molecule has 4 nitrogen and oxygen atoms in total. The van der Waals surface area contributed by atoms with Gasteiger partial charge in [0.15, 0.2) is 0 Å². The summed E-state index contributed by atoms with van der Waals surface area (Å²) in [5.41, 5.74) is 1.57. The highest BCUT2D eigenvalue weighted by Crippen LogP contribution is 2.20. The fraction of sp³-hybridized carbons (Fsp3) is 0.227. The van der Waals surface area contributed by atoms with E-state index in [1.54, 1.807) is 18.2 Å². The molecule has 1 fully saturated rings. The molecule has 2 aromatic rings. The maximum atomic E-state index is 12.4. The van der Waals surface area contributed by atoms with Crippen molar-refractivity contribution in [1.29, 1.82) is 5.26 Å². The molecule has 2 aromatic carbocycles. The Morgan fingerprint density at radius 3 is 2.52 bits per heavy atom. The summed E-state index contributed by atoms with van der Waals surface area (Å²) in [4.78, 5) is 15.3. The van der Waals surface area contributed by atoms with E-state index < -0.39 is 5.97 Å². The molecule has 0 atom stereocenters. The zero-order chi connectivity index (χ0) is 19.1. The molecule has 0 unspecified atom stereocenters. The molecule has 0 saturated carbocycles. The number of likely N-dealkylation sites (tertiary alicyclic amines) is 1. The van der Waals surface area contributed by atoms with Crippen LogP contribution in [0.2, 0.25) is 0 Å². The molecule has 0 bridgehead atoms. The summed E-state index contributed by atoms with van der Waals surface area (Å²) in [6.45, 7) is 1.92. The van der Waals surface area contributed by atoms with Crippen molar-refractivity contribution in [2.75, 3.05) is 13.1 Å². The third-order valence-corrected chi connectivity index (χ3v) is 4.88. The summed E-state index contributed by atoms with van der Waals surface area (Å²) in [6, 6.07) is 18.3. The molecule has 0 spiro atoms. The van der Waals surface area contributed by atoms with Crippen LogP contribution in [-0.4, -0.2) is 28.9 Å². The SMILES string of the molecule is N#C/C(=C\c1ccccc1)C(=O)Oc1cccc(C(=S)N2CCCCC2)c1. The Morgan fingerprint density at radius 2 is 1.81 bits per heavy atom. The van der Waals surface area contributed by atoms with Crippen molar-refractivity contribution in [1.82, 2.24) is 4.90 Å². The fourth-order valence-electron chi connectivity index (χ4n) is 2.99. The lowest BCUT2D eigenvalue weighted by Crippen LogP contribution is -2.34. The van der Waals surface area contributed by atoms with Crippen LogP contribution in [0.15, 0.2) is 60.2 Å². The van der Waals surface area contributed by atoms with Crippen LogP contribution < -0.4 is 4.74 Å². The monoisotopic (exact) mass is 376 g/mol. The van der Waals surface area contributed by atoms with Gasteiger partial charge in [-0.1, -0.05) is 54.7 Å². The number of carbonyl (C=O) groups excluding carboxylic acids is 1. The van der Waals surface area contributed by atoms with E-state index in [2.05, 4.69) is 4.90 Å². The minimum atomic E-state index is -0.678. The number of carbonyl (C=O) groups is 1.